The van der Waals surface area contributed by atoms with Crippen LogP contribution in [0.4, 0.5) is 0 Å². The van der Waals surface area contributed by atoms with E-state index >= 15 is 0 Å². The maximum atomic E-state index is 11.9. The molecule has 0 fully saturated rings. The van der Waals surface area contributed by atoms with Crippen molar-refractivity contribution < 1.29 is 37.3 Å². The van der Waals surface area contributed by atoms with Crippen LogP contribution in [0.5, 0.6) is 0 Å². The number of likely N-dealkylation sites (N-methyl/N-ethyl adjacent to an activating group) is 1. The van der Waals surface area contributed by atoms with Crippen molar-refractivity contribution in [1.82, 2.24) is 0 Å². The van der Waals surface area contributed by atoms with Gasteiger partial charge in [0.15, 0.2) is 0 Å². The molecule has 0 aromatic rings. The zero-order valence-corrected chi connectivity index (χ0v) is 21.3. The summed E-state index contributed by atoms with van der Waals surface area (Å²) in [5.74, 6) is -0.424. The Labute approximate surface area is 189 Å². The first kappa shape index (κ1) is 30.5. The van der Waals surface area contributed by atoms with Gasteiger partial charge in [0.2, 0.25) is 0 Å². The van der Waals surface area contributed by atoms with Gasteiger partial charge in [-0.3, -0.25) is 9.36 Å². The van der Waals surface area contributed by atoms with E-state index in [0.717, 1.165) is 12.8 Å². The van der Waals surface area contributed by atoms with Crippen LogP contribution in [0.25, 0.3) is 0 Å². The molecule has 0 aliphatic heterocycles. The predicted molar refractivity (Wildman–Crippen MR) is 121 cm³/mol. The lowest BCUT2D eigenvalue weighted by atomic mass is 10.1. The van der Waals surface area contributed by atoms with E-state index in [2.05, 4.69) is 6.92 Å². The highest BCUT2D eigenvalue weighted by Crippen LogP contribution is 2.38. The number of ether oxygens (including phenoxy) is 2. The topological polar surface area (TPSA) is 94.1 Å². The Hall–Kier alpha value is -0.500. The maximum Gasteiger partial charge on any atom is 0.305 e. The van der Waals surface area contributed by atoms with Crippen molar-refractivity contribution in [3.63, 3.8) is 0 Å². The fourth-order valence-electron chi connectivity index (χ4n) is 2.75. The van der Waals surface area contributed by atoms with Crippen LogP contribution in [0.1, 0.15) is 78.1 Å². The van der Waals surface area contributed by atoms with E-state index in [1.165, 1.54) is 44.9 Å². The van der Waals surface area contributed by atoms with Gasteiger partial charge in [0.1, 0.15) is 19.3 Å². The molecule has 0 aliphatic rings. The van der Waals surface area contributed by atoms with Crippen molar-refractivity contribution in [2.45, 2.75) is 84.2 Å². The number of phosphoric acid groups is 1. The minimum Gasteiger partial charge on any atom is -0.756 e. The molecule has 8 nitrogen and oxygen atoms in total. The zero-order valence-electron chi connectivity index (χ0n) is 20.4. The number of phosphoric ester groups is 1. The Balaban J connectivity index is 4.09. The predicted octanol–water partition coefficient (Wildman–Crippen LogP) is 4.06. The summed E-state index contributed by atoms with van der Waals surface area (Å²) in [6.07, 6.45) is 10.4. The number of carbonyl (C=O) groups excluding carboxylic acids is 1. The second-order valence-corrected chi connectivity index (χ2v) is 10.4. The number of hydrogen-bond acceptors (Lipinski definition) is 7. The SMILES string of the molecule is CCCCCCCCCCCOCC(COP(=O)([O-])OCC[N+](C)(C)C)OC(=O)CC. The first-order valence-corrected chi connectivity index (χ1v) is 13.2. The van der Waals surface area contributed by atoms with Crippen molar-refractivity contribution in [2.24, 2.45) is 0 Å². The molecule has 0 saturated carbocycles. The standard InChI is InChI=1S/C22H46NO7P/c1-6-8-9-10-11-12-13-14-15-17-27-19-21(30-22(24)7-2)20-29-31(25,26)28-18-16-23(3,4)5/h21H,6-20H2,1-5H3. The lowest BCUT2D eigenvalue weighted by Gasteiger charge is -2.28. The normalized spacial score (nSPS) is 14.9. The number of quaternary nitrogens is 1. The number of hydrogen-bond donors (Lipinski definition) is 0. The van der Waals surface area contributed by atoms with Gasteiger partial charge < -0.3 is 27.9 Å². The molecule has 0 aliphatic carbocycles. The van der Waals surface area contributed by atoms with E-state index in [1.807, 2.05) is 21.1 Å². The molecule has 0 spiro atoms. The van der Waals surface area contributed by atoms with Gasteiger partial charge in [0.05, 0.1) is 34.4 Å². The van der Waals surface area contributed by atoms with E-state index in [-0.39, 0.29) is 26.2 Å². The lowest BCUT2D eigenvalue weighted by molar-refractivity contribution is -0.870. The van der Waals surface area contributed by atoms with Gasteiger partial charge in [0, 0.05) is 13.0 Å². The average Bonchev–Trinajstić information content (AvgIpc) is 2.68. The average molecular weight is 468 g/mol. The summed E-state index contributed by atoms with van der Waals surface area (Å²) in [5.41, 5.74) is 0. The number of nitrogens with zero attached hydrogens (tertiary/aromatic N) is 1. The first-order valence-electron chi connectivity index (χ1n) is 11.8. The van der Waals surface area contributed by atoms with Crippen molar-refractivity contribution >= 4 is 13.8 Å². The van der Waals surface area contributed by atoms with Crippen molar-refractivity contribution in [3.05, 3.63) is 0 Å². The molecule has 2 atom stereocenters. The van der Waals surface area contributed by atoms with E-state index in [1.54, 1.807) is 6.92 Å². The third kappa shape index (κ3) is 21.1. The molecule has 9 heteroatoms. The number of carbonyl (C=O) groups is 1. The summed E-state index contributed by atoms with van der Waals surface area (Å²) in [4.78, 5) is 23.5. The van der Waals surface area contributed by atoms with Gasteiger partial charge in [-0.05, 0) is 6.42 Å². The summed E-state index contributed by atoms with van der Waals surface area (Å²) in [7, 11) is 1.35. The van der Waals surface area contributed by atoms with Gasteiger partial charge in [-0.25, -0.2) is 0 Å². The second kappa shape index (κ2) is 18.0. The molecule has 0 saturated heterocycles. The molecule has 2 unspecified atom stereocenters. The molecule has 0 aromatic heterocycles. The summed E-state index contributed by atoms with van der Waals surface area (Å²) < 4.78 is 33.1. The van der Waals surface area contributed by atoms with Crippen molar-refractivity contribution in [1.29, 1.82) is 0 Å². The molecule has 0 N–H and O–H groups in total. The van der Waals surface area contributed by atoms with Crippen LogP contribution in [0, 0.1) is 0 Å². The zero-order chi connectivity index (χ0) is 23.6. The quantitative estimate of drug-likeness (QED) is 0.109. The molecular formula is C22H46NO7P. The highest BCUT2D eigenvalue weighted by molar-refractivity contribution is 7.45. The largest absolute Gasteiger partial charge is 0.756 e. The van der Waals surface area contributed by atoms with E-state index in [4.69, 9.17) is 18.5 Å². The minimum atomic E-state index is -4.46. The van der Waals surface area contributed by atoms with E-state index < -0.39 is 19.9 Å². The summed E-state index contributed by atoms with van der Waals surface area (Å²) in [5, 5.41) is 0. The number of rotatable bonds is 21. The number of unbranched alkanes of at least 4 members (excludes halogenated alkanes) is 8. The Morgan fingerprint density at radius 1 is 0.871 bits per heavy atom. The molecule has 186 valence electrons. The van der Waals surface area contributed by atoms with Crippen LogP contribution in [-0.2, 0) is 27.9 Å². The summed E-state index contributed by atoms with van der Waals surface area (Å²) >= 11 is 0. The third-order valence-corrected chi connectivity index (χ3v) is 5.68. The van der Waals surface area contributed by atoms with Crippen LogP contribution in [-0.4, -0.2) is 70.7 Å². The van der Waals surface area contributed by atoms with Gasteiger partial charge in [-0.2, -0.15) is 0 Å². The van der Waals surface area contributed by atoms with Crippen molar-refractivity contribution in [3.8, 4) is 0 Å². The van der Waals surface area contributed by atoms with E-state index in [9.17, 15) is 14.3 Å². The molecule has 31 heavy (non-hydrogen) atoms. The van der Waals surface area contributed by atoms with Gasteiger partial charge in [-0.1, -0.05) is 65.2 Å². The first-order chi connectivity index (χ1) is 14.6. The minimum absolute atomic E-state index is 0.0266. The molecule has 0 bridgehead atoms. The molecule has 0 heterocycles. The Bertz CT molecular complexity index is 497. The molecule has 0 rings (SSSR count). The molecular weight excluding hydrogens is 421 g/mol. The molecule has 0 aromatic carbocycles. The highest BCUT2D eigenvalue weighted by atomic mass is 31.2. The fraction of sp³-hybridized carbons (Fsp3) is 0.955. The Morgan fingerprint density at radius 3 is 2.00 bits per heavy atom. The maximum absolute atomic E-state index is 11.9. The Morgan fingerprint density at radius 2 is 1.45 bits per heavy atom. The molecule has 0 radical (unpaired) electrons. The van der Waals surface area contributed by atoms with Crippen molar-refractivity contribution in [2.75, 3.05) is 54.1 Å². The van der Waals surface area contributed by atoms with Crippen LogP contribution in [0.15, 0.2) is 0 Å². The van der Waals surface area contributed by atoms with E-state index in [0.29, 0.717) is 17.6 Å². The number of esters is 1. The highest BCUT2D eigenvalue weighted by Gasteiger charge is 2.19. The third-order valence-electron chi connectivity index (χ3n) is 4.71. The lowest BCUT2D eigenvalue weighted by Crippen LogP contribution is -2.37. The Kier molecular flexibility index (Phi) is 17.7. The van der Waals surface area contributed by atoms with Gasteiger partial charge in [-0.15, -0.1) is 0 Å². The van der Waals surface area contributed by atoms with Gasteiger partial charge in [0.25, 0.3) is 7.82 Å². The van der Waals surface area contributed by atoms with Gasteiger partial charge >= 0.3 is 5.97 Å². The fourth-order valence-corrected chi connectivity index (χ4v) is 3.48. The summed E-state index contributed by atoms with van der Waals surface area (Å²) in [6, 6.07) is 0. The van der Waals surface area contributed by atoms with Crippen LogP contribution >= 0.6 is 7.82 Å². The van der Waals surface area contributed by atoms with Crippen LogP contribution in [0.3, 0.4) is 0 Å². The molecule has 0 amide bonds. The second-order valence-electron chi connectivity index (χ2n) is 8.96. The van der Waals surface area contributed by atoms with Crippen LogP contribution < -0.4 is 4.89 Å². The smallest absolute Gasteiger partial charge is 0.305 e. The summed E-state index contributed by atoms with van der Waals surface area (Å²) in [6.45, 7) is 4.78. The monoisotopic (exact) mass is 467 g/mol. The van der Waals surface area contributed by atoms with Crippen LogP contribution in [0.2, 0.25) is 0 Å².